The van der Waals surface area contributed by atoms with Gasteiger partial charge in [0.15, 0.2) is 6.61 Å². The van der Waals surface area contributed by atoms with Crippen LogP contribution in [0.15, 0.2) is 70.6 Å². The maximum absolute atomic E-state index is 12.9. The van der Waals surface area contributed by atoms with Crippen LogP contribution >= 0.6 is 0 Å². The number of fused-ring (bicyclic) bond motifs is 2. The average molecular weight is 465 g/mol. The number of nitrogens with zero attached hydrogens (tertiary/aromatic N) is 4. The summed E-state index contributed by atoms with van der Waals surface area (Å²) < 4.78 is 11.0. The van der Waals surface area contributed by atoms with E-state index in [1.165, 1.54) is 12.6 Å². The fourth-order valence-corrected chi connectivity index (χ4v) is 4.44. The van der Waals surface area contributed by atoms with E-state index in [1.54, 1.807) is 18.5 Å². The number of nitrogens with one attached hydrogen (secondary N) is 3. The first kappa shape index (κ1) is 20.7. The largest absolute Gasteiger partial charge is 0.468 e. The molecule has 0 aliphatic heterocycles. The van der Waals surface area contributed by atoms with Gasteiger partial charge in [-0.15, -0.1) is 0 Å². The van der Waals surface area contributed by atoms with Crippen molar-refractivity contribution in [1.82, 2.24) is 30.1 Å². The molecule has 0 bridgehead atoms. The lowest BCUT2D eigenvalue weighted by atomic mass is 9.79. The monoisotopic (exact) mass is 465 g/mol. The number of H-pyrrole nitrogens is 2. The molecule has 0 amide bonds. The Hall–Kier alpha value is -4.86. The maximum atomic E-state index is 12.9. The highest BCUT2D eigenvalue weighted by Gasteiger charge is 2.32. The number of pyridine rings is 1. The summed E-state index contributed by atoms with van der Waals surface area (Å²) in [4.78, 5) is 28.6. The number of allylic oxidation sites excluding steroid dienone is 1. The average Bonchev–Trinajstić information content (AvgIpc) is 3.56. The first-order valence-corrected chi connectivity index (χ1v) is 10.9. The van der Waals surface area contributed by atoms with Crippen LogP contribution in [0.4, 0.5) is 0 Å². The predicted octanol–water partition coefficient (Wildman–Crippen LogP) is 3.51. The van der Waals surface area contributed by atoms with Gasteiger partial charge >= 0.3 is 0 Å². The molecule has 4 heterocycles. The molecule has 0 fully saturated rings. The van der Waals surface area contributed by atoms with Gasteiger partial charge in [0.2, 0.25) is 11.8 Å². The Morgan fingerprint density at radius 3 is 2.97 bits per heavy atom. The van der Waals surface area contributed by atoms with E-state index in [9.17, 15) is 4.79 Å². The molecule has 35 heavy (non-hydrogen) atoms. The Bertz CT molecular complexity index is 1660. The van der Waals surface area contributed by atoms with E-state index in [0.29, 0.717) is 28.7 Å². The van der Waals surface area contributed by atoms with E-state index in [0.717, 1.165) is 22.0 Å². The van der Waals surface area contributed by atoms with Crippen molar-refractivity contribution in [3.8, 4) is 5.88 Å². The molecular formula is C25H19N7O3. The van der Waals surface area contributed by atoms with Crippen LogP contribution in [0, 0.1) is 12.3 Å². The highest BCUT2D eigenvalue weighted by atomic mass is 16.5. The van der Waals surface area contributed by atoms with Crippen LogP contribution in [0.5, 0.6) is 5.88 Å². The van der Waals surface area contributed by atoms with Crippen LogP contribution in [0.3, 0.4) is 0 Å². The number of aryl methyl sites for hydroxylation is 1. The summed E-state index contributed by atoms with van der Waals surface area (Å²) in [6.07, 6.45) is 8.05. The molecule has 6 rings (SSSR count). The van der Waals surface area contributed by atoms with Gasteiger partial charge in [-0.2, -0.15) is 5.10 Å². The predicted molar refractivity (Wildman–Crippen MR) is 127 cm³/mol. The van der Waals surface area contributed by atoms with Crippen molar-refractivity contribution in [2.45, 2.75) is 19.4 Å². The van der Waals surface area contributed by atoms with Crippen molar-refractivity contribution in [3.05, 3.63) is 106 Å². The number of aromatic nitrogens is 6. The standard InChI is InChI=1S/C25H19N7O3/c1-13-5-6-18-16(10-30-32-18)21(13)15-9-14(24-22(23(15)26)25(33)29-12-28-24)17-3-2-4-19(31-17)35-11-20-27-7-8-34-20/h2-10,12,15,26H,11H2,1H3,(H,30,32)(H,28,29,33). The van der Waals surface area contributed by atoms with E-state index < -0.39 is 5.92 Å². The Labute approximate surface area is 198 Å². The lowest BCUT2D eigenvalue weighted by Crippen LogP contribution is -2.29. The molecule has 1 aromatic carbocycles. The van der Waals surface area contributed by atoms with Crippen LogP contribution in [0.25, 0.3) is 16.5 Å². The number of rotatable bonds is 5. The number of oxazole rings is 1. The van der Waals surface area contributed by atoms with E-state index >= 15 is 0 Å². The third-order valence-electron chi connectivity index (χ3n) is 6.04. The van der Waals surface area contributed by atoms with Crippen molar-refractivity contribution in [1.29, 1.82) is 5.41 Å². The van der Waals surface area contributed by atoms with Gasteiger partial charge in [-0.05, 0) is 30.2 Å². The van der Waals surface area contributed by atoms with Gasteiger partial charge < -0.3 is 19.5 Å². The molecule has 1 aliphatic rings. The van der Waals surface area contributed by atoms with Crippen LogP contribution in [-0.4, -0.2) is 35.8 Å². The second kappa shape index (κ2) is 8.17. The molecule has 172 valence electrons. The van der Waals surface area contributed by atoms with E-state index in [4.69, 9.17) is 14.6 Å². The Morgan fingerprint density at radius 2 is 2.11 bits per heavy atom. The molecule has 0 saturated heterocycles. The third kappa shape index (κ3) is 3.52. The minimum Gasteiger partial charge on any atom is -0.468 e. The maximum Gasteiger partial charge on any atom is 0.260 e. The van der Waals surface area contributed by atoms with Gasteiger partial charge in [-0.1, -0.05) is 18.2 Å². The van der Waals surface area contributed by atoms with Crippen LogP contribution in [0.2, 0.25) is 0 Å². The summed E-state index contributed by atoms with van der Waals surface area (Å²) in [6.45, 7) is 2.12. The summed E-state index contributed by atoms with van der Waals surface area (Å²) in [7, 11) is 0. The van der Waals surface area contributed by atoms with Crippen molar-refractivity contribution in [3.63, 3.8) is 0 Å². The van der Waals surface area contributed by atoms with Crippen LogP contribution in [-0.2, 0) is 6.61 Å². The summed E-state index contributed by atoms with van der Waals surface area (Å²) in [5.74, 6) is 0.311. The quantitative estimate of drug-likeness (QED) is 0.360. The van der Waals surface area contributed by atoms with E-state index in [-0.39, 0.29) is 23.4 Å². The fraction of sp³-hybridized carbons (Fsp3) is 0.120. The molecule has 0 saturated carbocycles. The first-order chi connectivity index (χ1) is 17.1. The smallest absolute Gasteiger partial charge is 0.260 e. The van der Waals surface area contributed by atoms with Crippen molar-refractivity contribution in [2.24, 2.45) is 0 Å². The number of hydrogen-bond acceptors (Lipinski definition) is 8. The minimum atomic E-state index is -0.497. The normalized spacial score (nSPS) is 15.2. The molecule has 10 nitrogen and oxygen atoms in total. The molecule has 1 atom stereocenters. The number of benzene rings is 1. The molecule has 3 N–H and O–H groups in total. The third-order valence-corrected chi connectivity index (χ3v) is 6.04. The molecular weight excluding hydrogens is 446 g/mol. The van der Waals surface area contributed by atoms with Crippen molar-refractivity contribution in [2.75, 3.05) is 0 Å². The second-order valence-corrected chi connectivity index (χ2v) is 8.13. The lowest BCUT2D eigenvalue weighted by molar-refractivity contribution is 0.253. The number of aromatic amines is 2. The van der Waals surface area contributed by atoms with Crippen molar-refractivity contribution < 1.29 is 9.15 Å². The number of hydrogen-bond donors (Lipinski definition) is 3. The van der Waals surface area contributed by atoms with Crippen LogP contribution in [0.1, 0.15) is 39.9 Å². The summed E-state index contributed by atoms with van der Waals surface area (Å²) in [5.41, 5.74) is 4.41. The molecule has 1 unspecified atom stereocenters. The molecule has 0 spiro atoms. The first-order valence-electron chi connectivity index (χ1n) is 10.9. The second-order valence-electron chi connectivity index (χ2n) is 8.13. The summed E-state index contributed by atoms with van der Waals surface area (Å²) >= 11 is 0. The van der Waals surface area contributed by atoms with Crippen molar-refractivity contribution >= 4 is 22.2 Å². The molecule has 10 heteroatoms. The van der Waals surface area contributed by atoms with Gasteiger partial charge in [0.1, 0.15) is 6.26 Å². The lowest BCUT2D eigenvalue weighted by Gasteiger charge is -2.25. The van der Waals surface area contributed by atoms with E-state index in [2.05, 4.69) is 30.1 Å². The number of ether oxygens (including phenoxy) is 1. The highest BCUT2D eigenvalue weighted by Crippen LogP contribution is 2.39. The Balaban J connectivity index is 1.50. The molecule has 5 aromatic rings. The fourth-order valence-electron chi connectivity index (χ4n) is 4.44. The zero-order chi connectivity index (χ0) is 23.9. The van der Waals surface area contributed by atoms with Gasteiger partial charge in [0.05, 0.1) is 46.9 Å². The SMILES string of the molecule is Cc1ccc2[nH]ncc2c1C1C=C(c2cccc(OCc3ncco3)n2)c2nc[nH]c(=O)c2C1=N. The summed E-state index contributed by atoms with van der Waals surface area (Å²) in [6, 6.07) is 9.31. The topological polar surface area (TPSA) is 146 Å². The van der Waals surface area contributed by atoms with Gasteiger partial charge in [-0.25, -0.2) is 15.0 Å². The van der Waals surface area contributed by atoms with Gasteiger partial charge in [-0.3, -0.25) is 9.89 Å². The highest BCUT2D eigenvalue weighted by molar-refractivity contribution is 6.12. The Kier molecular flexibility index (Phi) is 4.84. The van der Waals surface area contributed by atoms with Gasteiger partial charge in [0.25, 0.3) is 5.56 Å². The van der Waals surface area contributed by atoms with Gasteiger partial charge in [0, 0.05) is 22.9 Å². The zero-order valence-corrected chi connectivity index (χ0v) is 18.6. The van der Waals surface area contributed by atoms with E-state index in [1.807, 2.05) is 37.3 Å². The minimum absolute atomic E-state index is 0.131. The molecule has 4 aromatic heterocycles. The summed E-state index contributed by atoms with van der Waals surface area (Å²) in [5, 5.41) is 17.0. The molecule has 0 radical (unpaired) electrons. The molecule has 1 aliphatic carbocycles. The zero-order valence-electron chi connectivity index (χ0n) is 18.6. The van der Waals surface area contributed by atoms with Crippen LogP contribution < -0.4 is 10.3 Å². The Morgan fingerprint density at radius 1 is 1.20 bits per heavy atom.